The van der Waals surface area contributed by atoms with E-state index in [1.165, 1.54) is 12.1 Å². The molecule has 1 amide bonds. The van der Waals surface area contributed by atoms with Crippen molar-refractivity contribution >= 4 is 33.3 Å². The second-order valence-corrected chi connectivity index (χ2v) is 10.2. The minimum Gasteiger partial charge on any atom is -0.366 e. The van der Waals surface area contributed by atoms with E-state index in [1.54, 1.807) is 6.92 Å². The maximum Gasteiger partial charge on any atom is 0.300 e. The molecule has 4 rings (SSSR count). The summed E-state index contributed by atoms with van der Waals surface area (Å²) in [6, 6.07) is 5.80. The first-order chi connectivity index (χ1) is 17.4. The fourth-order valence-electron chi connectivity index (χ4n) is 3.78. The molecular weight excluding hydrogens is 514 g/mol. The molecule has 0 aliphatic heterocycles. The van der Waals surface area contributed by atoms with Crippen LogP contribution in [0.4, 0.5) is 34.8 Å². The zero-order valence-electron chi connectivity index (χ0n) is 19.5. The molecule has 2 aromatic carbocycles. The Balaban J connectivity index is 1.65. The summed E-state index contributed by atoms with van der Waals surface area (Å²) < 4.78 is 88.3. The van der Waals surface area contributed by atoms with Crippen LogP contribution in [0.25, 0.3) is 0 Å². The molecule has 8 nitrogen and oxygen atoms in total. The van der Waals surface area contributed by atoms with E-state index >= 15 is 13.2 Å². The number of hydrogen-bond donors (Lipinski definition) is 4. The van der Waals surface area contributed by atoms with Crippen molar-refractivity contribution in [1.29, 1.82) is 0 Å². The Morgan fingerprint density at radius 3 is 2.41 bits per heavy atom. The second-order valence-electron chi connectivity index (χ2n) is 8.72. The lowest BCUT2D eigenvalue weighted by atomic mass is 9.94. The van der Waals surface area contributed by atoms with Crippen LogP contribution >= 0.6 is 0 Å². The van der Waals surface area contributed by atoms with Crippen LogP contribution in [-0.2, 0) is 16.6 Å². The first-order valence-corrected chi connectivity index (χ1v) is 12.7. The van der Waals surface area contributed by atoms with Crippen LogP contribution in [-0.4, -0.2) is 25.4 Å². The SMILES string of the molecule is Cc1ccc(Nc2c(C(N)=O)cc(Cc3ccnc(NS(=O)(=O)NC4CCC4)c3F)c(F)c2F)c(F)c1. The molecule has 1 fully saturated rings. The summed E-state index contributed by atoms with van der Waals surface area (Å²) >= 11 is 0. The van der Waals surface area contributed by atoms with E-state index in [4.69, 9.17) is 5.73 Å². The zero-order chi connectivity index (χ0) is 26.9. The molecule has 196 valence electrons. The largest absolute Gasteiger partial charge is 0.366 e. The summed E-state index contributed by atoms with van der Waals surface area (Å²) in [5, 5.41) is 2.36. The van der Waals surface area contributed by atoms with Gasteiger partial charge in [0.05, 0.1) is 16.9 Å². The van der Waals surface area contributed by atoms with Gasteiger partial charge >= 0.3 is 10.2 Å². The molecule has 0 atom stereocenters. The van der Waals surface area contributed by atoms with E-state index < -0.39 is 68.4 Å². The third-order valence-corrected chi connectivity index (χ3v) is 7.05. The molecule has 1 aliphatic rings. The number of hydrogen-bond acceptors (Lipinski definition) is 5. The molecule has 0 unspecified atom stereocenters. The van der Waals surface area contributed by atoms with Crippen molar-refractivity contribution in [3.8, 4) is 0 Å². The lowest BCUT2D eigenvalue weighted by Crippen LogP contribution is -2.42. The van der Waals surface area contributed by atoms with Gasteiger partial charge in [-0.3, -0.25) is 9.52 Å². The number of nitrogens with one attached hydrogen (secondary N) is 3. The highest BCUT2D eigenvalue weighted by Gasteiger charge is 2.26. The van der Waals surface area contributed by atoms with Gasteiger partial charge in [0.1, 0.15) is 5.82 Å². The quantitative estimate of drug-likeness (QED) is 0.305. The highest BCUT2D eigenvalue weighted by Crippen LogP contribution is 2.32. The van der Waals surface area contributed by atoms with Crippen LogP contribution in [0, 0.1) is 30.2 Å². The molecule has 5 N–H and O–H groups in total. The van der Waals surface area contributed by atoms with E-state index in [2.05, 4.69) is 15.0 Å². The Bertz CT molecular complexity index is 1480. The van der Waals surface area contributed by atoms with Gasteiger partial charge in [-0.25, -0.2) is 22.5 Å². The standard InChI is InChI=1S/C24H23F4N5O3S/c1-12-5-6-18(17(25)9-12)31-22-16(23(29)34)11-14(19(26)21(22)28)10-13-7-8-30-24(20(13)27)33-37(35,36)32-15-3-2-4-15/h5-9,11,15,31-32H,2-4,10H2,1H3,(H2,29,34)(H,30,33). The number of pyridine rings is 1. The van der Waals surface area contributed by atoms with Gasteiger partial charge in [0.2, 0.25) is 0 Å². The Morgan fingerprint density at radius 1 is 1.05 bits per heavy atom. The third kappa shape index (κ3) is 5.83. The zero-order valence-corrected chi connectivity index (χ0v) is 20.4. The fourth-order valence-corrected chi connectivity index (χ4v) is 4.91. The molecule has 0 bridgehead atoms. The van der Waals surface area contributed by atoms with Crippen molar-refractivity contribution in [2.45, 2.75) is 38.6 Å². The maximum atomic E-state index is 15.1. The van der Waals surface area contributed by atoms with Crippen LogP contribution in [0.15, 0.2) is 36.5 Å². The second kappa shape index (κ2) is 10.3. The molecule has 1 aliphatic carbocycles. The molecule has 1 aromatic heterocycles. The normalized spacial score (nSPS) is 13.8. The first-order valence-electron chi connectivity index (χ1n) is 11.2. The van der Waals surface area contributed by atoms with Crippen LogP contribution in [0.3, 0.4) is 0 Å². The number of primary amides is 1. The summed E-state index contributed by atoms with van der Waals surface area (Å²) in [5.74, 6) is -6.59. The number of amides is 1. The number of carbonyl (C=O) groups is 1. The molecule has 3 aromatic rings. The Morgan fingerprint density at radius 2 is 1.78 bits per heavy atom. The topological polar surface area (TPSA) is 126 Å². The minimum atomic E-state index is -4.12. The van der Waals surface area contributed by atoms with Crippen molar-refractivity contribution < 1.29 is 30.8 Å². The number of anilines is 3. The van der Waals surface area contributed by atoms with Gasteiger partial charge < -0.3 is 11.1 Å². The molecule has 0 spiro atoms. The number of aromatic nitrogens is 1. The van der Waals surface area contributed by atoms with Gasteiger partial charge in [-0.1, -0.05) is 12.5 Å². The van der Waals surface area contributed by atoms with Gasteiger partial charge in [0.15, 0.2) is 23.3 Å². The number of nitrogens with zero attached hydrogens (tertiary/aromatic N) is 1. The Kier molecular flexibility index (Phi) is 7.37. The predicted molar refractivity (Wildman–Crippen MR) is 130 cm³/mol. The van der Waals surface area contributed by atoms with Gasteiger partial charge in [0.25, 0.3) is 5.91 Å². The van der Waals surface area contributed by atoms with Gasteiger partial charge in [-0.15, -0.1) is 0 Å². The van der Waals surface area contributed by atoms with E-state index in [1.807, 2.05) is 4.72 Å². The average molecular weight is 538 g/mol. The Hall–Kier alpha value is -3.71. The van der Waals surface area contributed by atoms with Crippen LogP contribution in [0.1, 0.15) is 46.3 Å². The van der Waals surface area contributed by atoms with Crippen LogP contribution in [0.5, 0.6) is 0 Å². The summed E-state index contributed by atoms with van der Waals surface area (Å²) in [7, 11) is -4.12. The summed E-state index contributed by atoms with van der Waals surface area (Å²) in [4.78, 5) is 15.7. The maximum absolute atomic E-state index is 15.1. The summed E-state index contributed by atoms with van der Waals surface area (Å²) in [6.07, 6.45) is 2.72. The predicted octanol–water partition coefficient (Wildman–Crippen LogP) is 4.18. The van der Waals surface area contributed by atoms with Gasteiger partial charge in [-0.05, 0) is 60.7 Å². The first kappa shape index (κ1) is 26.4. The number of benzene rings is 2. The number of rotatable bonds is 9. The van der Waals surface area contributed by atoms with Crippen LogP contribution in [0.2, 0.25) is 0 Å². The van der Waals surface area contributed by atoms with E-state index in [0.29, 0.717) is 18.4 Å². The van der Waals surface area contributed by atoms with E-state index in [9.17, 15) is 17.6 Å². The number of nitrogens with two attached hydrogens (primary N) is 1. The van der Waals surface area contributed by atoms with Crippen molar-refractivity contribution in [1.82, 2.24) is 9.71 Å². The number of aryl methyl sites for hydroxylation is 1. The highest BCUT2D eigenvalue weighted by molar-refractivity contribution is 7.90. The number of halogens is 4. The lowest BCUT2D eigenvalue weighted by molar-refractivity contribution is 0.100. The van der Waals surface area contributed by atoms with Gasteiger partial charge in [-0.2, -0.15) is 13.1 Å². The Labute approximate surface area is 210 Å². The molecule has 1 heterocycles. The van der Waals surface area contributed by atoms with Crippen molar-refractivity contribution in [2.75, 3.05) is 10.0 Å². The van der Waals surface area contributed by atoms with E-state index in [0.717, 1.165) is 30.8 Å². The molecular formula is C24H23F4N5O3S. The van der Waals surface area contributed by atoms with Crippen molar-refractivity contribution in [2.24, 2.45) is 5.73 Å². The summed E-state index contributed by atoms with van der Waals surface area (Å²) in [5.41, 5.74) is 3.89. The summed E-state index contributed by atoms with van der Waals surface area (Å²) in [6.45, 7) is 1.64. The van der Waals surface area contributed by atoms with Crippen LogP contribution < -0.4 is 20.5 Å². The fraction of sp³-hybridized carbons (Fsp3) is 0.250. The molecule has 37 heavy (non-hydrogen) atoms. The van der Waals surface area contributed by atoms with Crippen molar-refractivity contribution in [3.05, 3.63) is 82.1 Å². The van der Waals surface area contributed by atoms with Gasteiger partial charge in [0, 0.05) is 18.7 Å². The van der Waals surface area contributed by atoms with E-state index in [-0.39, 0.29) is 17.3 Å². The smallest absolute Gasteiger partial charge is 0.300 e. The highest BCUT2D eigenvalue weighted by atomic mass is 32.2. The third-order valence-electron chi connectivity index (χ3n) is 5.94. The van der Waals surface area contributed by atoms with Crippen molar-refractivity contribution in [3.63, 3.8) is 0 Å². The molecule has 0 radical (unpaired) electrons. The monoisotopic (exact) mass is 537 g/mol. The molecule has 0 saturated heterocycles. The lowest BCUT2D eigenvalue weighted by Gasteiger charge is -2.26. The average Bonchev–Trinajstić information content (AvgIpc) is 2.79. The minimum absolute atomic E-state index is 0.216. The number of carbonyl (C=O) groups excluding carboxylic acids is 1. The molecule has 13 heteroatoms. The molecule has 1 saturated carbocycles.